The molecule has 5 nitrogen and oxygen atoms in total. The van der Waals surface area contributed by atoms with Crippen molar-refractivity contribution in [3.63, 3.8) is 0 Å². The van der Waals surface area contributed by atoms with Gasteiger partial charge in [-0.2, -0.15) is 11.8 Å². The number of hydrogen-bond acceptors (Lipinski definition) is 5. The van der Waals surface area contributed by atoms with Crippen molar-refractivity contribution in [1.29, 1.82) is 0 Å². The molecule has 0 saturated carbocycles. The van der Waals surface area contributed by atoms with Gasteiger partial charge in [0.2, 0.25) is 0 Å². The van der Waals surface area contributed by atoms with Gasteiger partial charge in [-0.05, 0) is 25.5 Å². The average Bonchev–Trinajstić information content (AvgIpc) is 2.94. The maximum absolute atomic E-state index is 5.52. The van der Waals surface area contributed by atoms with Gasteiger partial charge >= 0.3 is 0 Å². The summed E-state index contributed by atoms with van der Waals surface area (Å²) in [7, 11) is 1.81. The Hall–Kier alpha value is -0.0600. The normalized spacial score (nSPS) is 17.4. The fourth-order valence-electron chi connectivity index (χ4n) is 2.53. The molecular weight excluding hydrogens is 443 g/mol. The van der Waals surface area contributed by atoms with Crippen molar-refractivity contribution < 1.29 is 4.74 Å². The topological polar surface area (TPSA) is 58.5 Å². The Morgan fingerprint density at radius 3 is 2.74 bits per heavy atom. The highest BCUT2D eigenvalue weighted by Gasteiger charge is 2.32. The Morgan fingerprint density at radius 1 is 1.43 bits per heavy atom. The molecule has 0 aromatic carbocycles. The van der Waals surface area contributed by atoms with E-state index in [0.29, 0.717) is 0 Å². The average molecular weight is 470 g/mol. The van der Waals surface area contributed by atoms with Crippen LogP contribution in [0, 0.1) is 6.92 Å². The molecule has 1 fully saturated rings. The van der Waals surface area contributed by atoms with E-state index in [4.69, 9.17) is 4.74 Å². The zero-order chi connectivity index (χ0) is 15.8. The lowest BCUT2D eigenvalue weighted by molar-refractivity contribution is 0.0782. The highest BCUT2D eigenvalue weighted by molar-refractivity contribution is 14.0. The highest BCUT2D eigenvalue weighted by Crippen LogP contribution is 2.34. The van der Waals surface area contributed by atoms with Crippen LogP contribution in [0.5, 0.6) is 0 Å². The maximum atomic E-state index is 5.52. The number of guanidine groups is 1. The molecule has 2 N–H and O–H groups in total. The molecule has 0 radical (unpaired) electrons. The van der Waals surface area contributed by atoms with Crippen LogP contribution in [0.2, 0.25) is 0 Å². The molecule has 0 atom stereocenters. The van der Waals surface area contributed by atoms with Crippen molar-refractivity contribution in [3.8, 4) is 0 Å². The fourth-order valence-corrected chi connectivity index (χ4v) is 4.50. The summed E-state index contributed by atoms with van der Waals surface area (Å²) in [5.41, 5.74) is 0. The number of aliphatic imine (C=N–C) groups is 1. The molecule has 1 aliphatic heterocycles. The number of ether oxygens (including phenoxy) is 1. The van der Waals surface area contributed by atoms with E-state index in [2.05, 4.69) is 34.5 Å². The Labute approximate surface area is 164 Å². The lowest BCUT2D eigenvalue weighted by atomic mass is 9.99. The van der Waals surface area contributed by atoms with Crippen LogP contribution >= 0.6 is 47.1 Å². The standard InChI is InChI=1S/C15H26N4OS2.HI/c1-4-21-15(5-7-20-8-6-15)11-19-14(16-3)18-10-13-17-9-12(2)22-13;/h9H,4-8,10-11H2,1-3H3,(H2,16,18,19);1H. The van der Waals surface area contributed by atoms with Crippen molar-refractivity contribution in [2.75, 3.05) is 32.6 Å². The summed E-state index contributed by atoms with van der Waals surface area (Å²) in [6, 6.07) is 0. The van der Waals surface area contributed by atoms with E-state index < -0.39 is 0 Å². The number of nitrogens with zero attached hydrogens (tertiary/aromatic N) is 2. The van der Waals surface area contributed by atoms with Gasteiger partial charge < -0.3 is 15.4 Å². The molecule has 0 bridgehead atoms. The maximum Gasteiger partial charge on any atom is 0.191 e. The van der Waals surface area contributed by atoms with Gasteiger partial charge in [0, 0.05) is 42.6 Å². The van der Waals surface area contributed by atoms with E-state index in [-0.39, 0.29) is 28.7 Å². The number of thioether (sulfide) groups is 1. The first-order valence-electron chi connectivity index (χ1n) is 7.75. The van der Waals surface area contributed by atoms with Crippen LogP contribution in [0.4, 0.5) is 0 Å². The molecule has 1 aromatic heterocycles. The van der Waals surface area contributed by atoms with E-state index in [1.807, 2.05) is 25.0 Å². The third-order valence-corrected chi connectivity index (χ3v) is 6.10. The fraction of sp³-hybridized carbons (Fsp3) is 0.733. The molecule has 1 saturated heterocycles. The van der Waals surface area contributed by atoms with Crippen molar-refractivity contribution in [2.24, 2.45) is 4.99 Å². The van der Waals surface area contributed by atoms with Gasteiger partial charge in [0.05, 0.1) is 6.54 Å². The van der Waals surface area contributed by atoms with Crippen LogP contribution in [0.15, 0.2) is 11.2 Å². The number of hydrogen-bond donors (Lipinski definition) is 2. The van der Waals surface area contributed by atoms with Crippen molar-refractivity contribution in [2.45, 2.75) is 38.0 Å². The second-order valence-corrected chi connectivity index (χ2v) is 8.42. The summed E-state index contributed by atoms with van der Waals surface area (Å²) < 4.78 is 5.78. The Bertz CT molecular complexity index is 484. The number of aryl methyl sites for hydroxylation is 1. The second kappa shape index (κ2) is 10.7. The summed E-state index contributed by atoms with van der Waals surface area (Å²) in [5.74, 6) is 1.97. The molecule has 23 heavy (non-hydrogen) atoms. The molecule has 0 spiro atoms. The zero-order valence-electron chi connectivity index (χ0n) is 14.1. The molecule has 0 aliphatic carbocycles. The van der Waals surface area contributed by atoms with Gasteiger partial charge in [0.1, 0.15) is 5.01 Å². The highest BCUT2D eigenvalue weighted by atomic mass is 127. The van der Waals surface area contributed by atoms with Crippen molar-refractivity contribution in [1.82, 2.24) is 15.6 Å². The minimum Gasteiger partial charge on any atom is -0.381 e. The molecule has 0 amide bonds. The first-order chi connectivity index (χ1) is 10.7. The predicted molar refractivity (Wildman–Crippen MR) is 111 cm³/mol. The van der Waals surface area contributed by atoms with Gasteiger partial charge in [-0.15, -0.1) is 35.3 Å². The number of thiazole rings is 1. The quantitative estimate of drug-likeness (QED) is 0.380. The third kappa shape index (κ3) is 6.75. The summed E-state index contributed by atoms with van der Waals surface area (Å²) >= 11 is 3.75. The van der Waals surface area contributed by atoms with E-state index >= 15 is 0 Å². The monoisotopic (exact) mass is 470 g/mol. The molecule has 132 valence electrons. The molecule has 2 heterocycles. The van der Waals surface area contributed by atoms with Crippen LogP contribution in [-0.2, 0) is 11.3 Å². The van der Waals surface area contributed by atoms with Gasteiger partial charge in [0.15, 0.2) is 5.96 Å². The van der Waals surface area contributed by atoms with E-state index in [9.17, 15) is 0 Å². The molecule has 8 heteroatoms. The Balaban J connectivity index is 0.00000264. The van der Waals surface area contributed by atoms with Crippen molar-refractivity contribution in [3.05, 3.63) is 16.1 Å². The zero-order valence-corrected chi connectivity index (χ0v) is 18.0. The van der Waals surface area contributed by atoms with Crippen molar-refractivity contribution >= 4 is 53.0 Å². The van der Waals surface area contributed by atoms with Gasteiger partial charge in [-0.25, -0.2) is 4.98 Å². The summed E-state index contributed by atoms with van der Waals surface area (Å²) in [4.78, 5) is 9.92. The summed E-state index contributed by atoms with van der Waals surface area (Å²) in [6.07, 6.45) is 4.11. The number of aromatic nitrogens is 1. The van der Waals surface area contributed by atoms with Crippen LogP contribution in [-0.4, -0.2) is 48.2 Å². The van der Waals surface area contributed by atoms with E-state index in [0.717, 1.165) is 55.9 Å². The third-order valence-electron chi connectivity index (χ3n) is 3.73. The SMILES string of the molecule is CCSC1(CNC(=NC)NCc2ncc(C)s2)CCOCC1.I. The molecule has 1 aliphatic rings. The van der Waals surface area contributed by atoms with Crippen LogP contribution in [0.25, 0.3) is 0 Å². The Morgan fingerprint density at radius 2 is 2.17 bits per heavy atom. The first kappa shape index (κ1) is 21.0. The van der Waals surface area contributed by atoms with Crippen LogP contribution in [0.1, 0.15) is 29.7 Å². The van der Waals surface area contributed by atoms with Gasteiger partial charge in [-0.1, -0.05) is 6.92 Å². The molecule has 2 rings (SSSR count). The molecule has 1 aromatic rings. The second-order valence-electron chi connectivity index (χ2n) is 5.37. The van der Waals surface area contributed by atoms with E-state index in [1.54, 1.807) is 11.3 Å². The number of nitrogens with one attached hydrogen (secondary N) is 2. The summed E-state index contributed by atoms with van der Waals surface area (Å²) in [5, 5.41) is 7.91. The number of rotatable bonds is 6. The summed E-state index contributed by atoms with van der Waals surface area (Å²) in [6.45, 7) is 7.66. The van der Waals surface area contributed by atoms with Crippen LogP contribution < -0.4 is 10.6 Å². The van der Waals surface area contributed by atoms with Gasteiger partial charge in [0.25, 0.3) is 0 Å². The van der Waals surface area contributed by atoms with Crippen LogP contribution in [0.3, 0.4) is 0 Å². The molecular formula is C15H27IN4OS2. The number of halogens is 1. The lowest BCUT2D eigenvalue weighted by Gasteiger charge is -2.37. The van der Waals surface area contributed by atoms with Gasteiger partial charge in [-0.3, -0.25) is 4.99 Å². The minimum atomic E-state index is 0. The first-order valence-corrected chi connectivity index (χ1v) is 9.55. The minimum absolute atomic E-state index is 0. The Kier molecular flexibility index (Phi) is 9.79. The largest absolute Gasteiger partial charge is 0.381 e. The smallest absolute Gasteiger partial charge is 0.191 e. The lowest BCUT2D eigenvalue weighted by Crippen LogP contribution is -2.48. The van der Waals surface area contributed by atoms with E-state index in [1.165, 1.54) is 4.88 Å². The molecule has 0 unspecified atom stereocenters. The predicted octanol–water partition coefficient (Wildman–Crippen LogP) is 3.04.